The Bertz CT molecular complexity index is 989. The van der Waals surface area contributed by atoms with E-state index >= 15 is 0 Å². The second kappa shape index (κ2) is 7.27. The molecule has 0 heterocycles. The zero-order chi connectivity index (χ0) is 26.0. The van der Waals surface area contributed by atoms with E-state index in [0.717, 1.165) is 25.7 Å². The van der Waals surface area contributed by atoms with Gasteiger partial charge in [0.2, 0.25) is 0 Å². The summed E-state index contributed by atoms with van der Waals surface area (Å²) in [5.74, 6) is 0.878. The Morgan fingerprint density at radius 3 is 2.26 bits per heavy atom. The average molecular weight is 483 g/mol. The monoisotopic (exact) mass is 482 g/mol. The lowest BCUT2D eigenvalue weighted by Gasteiger charge is -2.72. The van der Waals surface area contributed by atoms with Crippen LogP contribution in [0.4, 0.5) is 0 Å². The molecule has 35 heavy (non-hydrogen) atoms. The second-order valence-electron chi connectivity index (χ2n) is 15.2. The molecule has 4 fully saturated rings. The van der Waals surface area contributed by atoms with Gasteiger partial charge in [0.15, 0.2) is 0 Å². The molecule has 0 spiro atoms. The van der Waals surface area contributed by atoms with E-state index in [1.54, 1.807) is 0 Å². The Morgan fingerprint density at radius 2 is 1.63 bits per heavy atom. The summed E-state index contributed by atoms with van der Waals surface area (Å²) in [5, 5.41) is 22.5. The van der Waals surface area contributed by atoms with Gasteiger partial charge in [0.05, 0.1) is 11.0 Å². The van der Waals surface area contributed by atoms with Crippen LogP contribution in [0, 0.1) is 56.7 Å². The third-order valence-corrected chi connectivity index (χ3v) is 14.0. The summed E-state index contributed by atoms with van der Waals surface area (Å²) in [6.07, 6.45) is 10.1. The van der Waals surface area contributed by atoms with Crippen LogP contribution in [-0.4, -0.2) is 21.8 Å². The van der Waals surface area contributed by atoms with E-state index in [2.05, 4.69) is 61.1 Å². The molecule has 0 aromatic rings. The number of rotatable bonds is 1. The number of hydrogen-bond acceptors (Lipinski definition) is 2. The highest BCUT2D eigenvalue weighted by Crippen LogP contribution is 2.76. The molecule has 5 aliphatic rings. The molecule has 0 aromatic heterocycles. The number of carboxylic acids is 1. The molecular weight excluding hydrogens is 432 g/mol. The zero-order valence-corrected chi connectivity index (χ0v) is 23.6. The van der Waals surface area contributed by atoms with Crippen LogP contribution in [0.25, 0.3) is 0 Å². The van der Waals surface area contributed by atoms with Crippen molar-refractivity contribution < 1.29 is 15.0 Å². The van der Waals surface area contributed by atoms with Crippen molar-refractivity contribution >= 4 is 5.97 Å². The fourth-order valence-corrected chi connectivity index (χ4v) is 11.2. The SMILES string of the molecule is C=C1CC2(C)C(CCC3(C)C2CC=C2C4C(C(=O)O)(CC[C@@H](C)[C@@]4(C)O)CC[C@]23C)C(C)(C)C1C. The number of carboxylic acid groups (broad SMARTS) is 1. The van der Waals surface area contributed by atoms with Crippen molar-refractivity contribution in [2.75, 3.05) is 0 Å². The first-order chi connectivity index (χ1) is 16.0. The smallest absolute Gasteiger partial charge is 0.310 e. The summed E-state index contributed by atoms with van der Waals surface area (Å²) in [7, 11) is 0. The highest BCUT2D eigenvalue weighted by molar-refractivity contribution is 5.77. The molecule has 0 radical (unpaired) electrons. The van der Waals surface area contributed by atoms with Gasteiger partial charge in [-0.2, -0.15) is 0 Å². The molecule has 2 N–H and O–H groups in total. The Labute approximate surface area is 213 Å². The van der Waals surface area contributed by atoms with Crippen LogP contribution in [-0.2, 0) is 4.79 Å². The number of aliphatic hydroxyl groups is 1. The van der Waals surface area contributed by atoms with E-state index in [1.165, 1.54) is 24.0 Å². The minimum absolute atomic E-state index is 0.0803. The van der Waals surface area contributed by atoms with Gasteiger partial charge >= 0.3 is 5.97 Å². The highest BCUT2D eigenvalue weighted by Gasteiger charge is 2.71. The Balaban J connectivity index is 1.65. The van der Waals surface area contributed by atoms with Gasteiger partial charge in [-0.1, -0.05) is 72.3 Å². The van der Waals surface area contributed by atoms with Crippen LogP contribution < -0.4 is 0 Å². The summed E-state index contributed by atoms with van der Waals surface area (Å²) in [6, 6.07) is 0. The standard InChI is InChI=1S/C32H50O3/c1-19-18-28(6)23(27(4,5)21(19)3)13-14-30(8)24(28)11-10-22-25-31(9,35)20(2)12-15-32(25,26(33)34)17-16-29(22,30)7/h10,20-21,23-25,35H,1,11-18H2,2-9H3,(H,33,34)/t20-,21?,23?,24?,25?,28?,29-,30?,31-,32?/m1/s1. The topological polar surface area (TPSA) is 57.5 Å². The van der Waals surface area contributed by atoms with E-state index in [-0.39, 0.29) is 33.5 Å². The second-order valence-corrected chi connectivity index (χ2v) is 15.2. The van der Waals surface area contributed by atoms with Crippen molar-refractivity contribution in [3.05, 3.63) is 23.8 Å². The summed E-state index contributed by atoms with van der Waals surface area (Å²) < 4.78 is 0. The first-order valence-electron chi connectivity index (χ1n) is 14.3. The number of carbonyl (C=O) groups is 1. The van der Waals surface area contributed by atoms with Crippen molar-refractivity contribution in [3.63, 3.8) is 0 Å². The molecule has 3 heteroatoms. The van der Waals surface area contributed by atoms with Crippen LogP contribution in [0.1, 0.15) is 107 Å². The lowest BCUT2D eigenvalue weighted by molar-refractivity contribution is -0.207. The van der Waals surface area contributed by atoms with E-state index in [9.17, 15) is 15.0 Å². The van der Waals surface area contributed by atoms with Gasteiger partial charge in [-0.25, -0.2) is 0 Å². The lowest BCUT2D eigenvalue weighted by Crippen LogP contribution is -2.67. The van der Waals surface area contributed by atoms with Crippen LogP contribution in [0.2, 0.25) is 0 Å². The normalized spacial score (nSPS) is 55.1. The molecule has 7 unspecified atom stereocenters. The van der Waals surface area contributed by atoms with E-state index in [4.69, 9.17) is 0 Å². The van der Waals surface area contributed by atoms with Crippen molar-refractivity contribution in [2.24, 2.45) is 56.7 Å². The summed E-state index contributed by atoms with van der Waals surface area (Å²) >= 11 is 0. The number of fused-ring (bicyclic) bond motifs is 7. The molecule has 5 aliphatic carbocycles. The lowest BCUT2D eigenvalue weighted by atomic mass is 9.32. The maximum atomic E-state index is 12.9. The number of allylic oxidation sites excluding steroid dienone is 2. The van der Waals surface area contributed by atoms with Crippen LogP contribution in [0.3, 0.4) is 0 Å². The molecule has 196 valence electrons. The van der Waals surface area contributed by atoms with E-state index in [0.29, 0.717) is 30.6 Å². The summed E-state index contributed by atoms with van der Waals surface area (Å²) in [6.45, 7) is 23.5. The minimum atomic E-state index is -0.995. The number of hydrogen-bond donors (Lipinski definition) is 2. The van der Waals surface area contributed by atoms with Gasteiger partial charge in [0.1, 0.15) is 0 Å². The molecule has 5 rings (SSSR count). The molecule has 3 nitrogen and oxygen atoms in total. The van der Waals surface area contributed by atoms with Crippen LogP contribution >= 0.6 is 0 Å². The maximum Gasteiger partial charge on any atom is 0.310 e. The predicted octanol–water partition coefficient (Wildman–Crippen LogP) is 7.65. The minimum Gasteiger partial charge on any atom is -0.481 e. The molecule has 0 bridgehead atoms. The molecule has 4 saturated carbocycles. The predicted molar refractivity (Wildman–Crippen MR) is 142 cm³/mol. The summed E-state index contributed by atoms with van der Waals surface area (Å²) in [5.41, 5.74) is 1.33. The van der Waals surface area contributed by atoms with E-state index in [1.807, 2.05) is 6.92 Å². The van der Waals surface area contributed by atoms with Crippen molar-refractivity contribution in [1.82, 2.24) is 0 Å². The van der Waals surface area contributed by atoms with Crippen LogP contribution in [0.15, 0.2) is 23.8 Å². The molecule has 0 aromatic carbocycles. The fourth-order valence-electron chi connectivity index (χ4n) is 11.2. The molecule has 0 amide bonds. The molecule has 0 saturated heterocycles. The van der Waals surface area contributed by atoms with Gasteiger partial charge in [0.25, 0.3) is 0 Å². The molecule has 10 atom stereocenters. The largest absolute Gasteiger partial charge is 0.481 e. The zero-order valence-electron chi connectivity index (χ0n) is 23.6. The number of aliphatic carboxylic acids is 1. The first-order valence-corrected chi connectivity index (χ1v) is 14.3. The third kappa shape index (κ3) is 2.86. The quantitative estimate of drug-likeness (QED) is 0.377. The van der Waals surface area contributed by atoms with Gasteiger partial charge in [0, 0.05) is 5.92 Å². The fraction of sp³-hybridized carbons (Fsp3) is 0.844. The third-order valence-electron chi connectivity index (χ3n) is 14.0. The summed E-state index contributed by atoms with van der Waals surface area (Å²) in [4.78, 5) is 12.9. The molecule has 0 aliphatic heterocycles. The Morgan fingerprint density at radius 1 is 0.971 bits per heavy atom. The molecular formula is C32H50O3. The van der Waals surface area contributed by atoms with Crippen molar-refractivity contribution in [2.45, 2.75) is 112 Å². The van der Waals surface area contributed by atoms with Gasteiger partial charge < -0.3 is 10.2 Å². The van der Waals surface area contributed by atoms with Gasteiger partial charge in [-0.3, -0.25) is 4.79 Å². The Hall–Kier alpha value is -1.09. The van der Waals surface area contributed by atoms with Gasteiger partial charge in [-0.15, -0.1) is 0 Å². The van der Waals surface area contributed by atoms with Crippen molar-refractivity contribution in [1.29, 1.82) is 0 Å². The average Bonchev–Trinajstić information content (AvgIpc) is 2.75. The highest BCUT2D eigenvalue weighted by atomic mass is 16.4. The van der Waals surface area contributed by atoms with E-state index < -0.39 is 17.0 Å². The van der Waals surface area contributed by atoms with Gasteiger partial charge in [-0.05, 0) is 104 Å². The van der Waals surface area contributed by atoms with Crippen molar-refractivity contribution in [3.8, 4) is 0 Å². The Kier molecular flexibility index (Phi) is 5.31. The van der Waals surface area contributed by atoms with Crippen LogP contribution in [0.5, 0.6) is 0 Å². The first kappa shape index (κ1) is 25.6. The maximum absolute atomic E-state index is 12.9.